The lowest BCUT2D eigenvalue weighted by Gasteiger charge is -2.13. The molecule has 1 aromatic heterocycles. The number of rotatable bonds is 8. The van der Waals surface area contributed by atoms with Gasteiger partial charge in [0.1, 0.15) is 11.1 Å². The van der Waals surface area contributed by atoms with Gasteiger partial charge in [-0.3, -0.25) is 24.1 Å². The first kappa shape index (κ1) is 21.9. The number of nitrogens with zero attached hydrogens (tertiary/aromatic N) is 1. The SMILES string of the molecule is O=C(CCN1C(=O)c2ccccc2C1=O)OCCCNC(=O)c1cc2ccccc2oc1=O. The number of ether oxygens (including phenoxy) is 1. The van der Waals surface area contributed by atoms with Crippen molar-refractivity contribution in [1.82, 2.24) is 10.2 Å². The van der Waals surface area contributed by atoms with Gasteiger partial charge in [-0.15, -0.1) is 0 Å². The van der Waals surface area contributed by atoms with Gasteiger partial charge in [-0.2, -0.15) is 0 Å². The van der Waals surface area contributed by atoms with Crippen molar-refractivity contribution in [3.8, 4) is 0 Å². The van der Waals surface area contributed by atoms with E-state index in [9.17, 15) is 24.0 Å². The van der Waals surface area contributed by atoms with E-state index in [1.807, 2.05) is 0 Å². The van der Waals surface area contributed by atoms with Crippen molar-refractivity contribution in [3.63, 3.8) is 0 Å². The van der Waals surface area contributed by atoms with Gasteiger partial charge in [-0.25, -0.2) is 4.79 Å². The summed E-state index contributed by atoms with van der Waals surface area (Å²) in [7, 11) is 0. The first-order valence-corrected chi connectivity index (χ1v) is 10.4. The lowest BCUT2D eigenvalue weighted by atomic mass is 10.1. The molecular weight excluding hydrogens is 428 g/mol. The van der Waals surface area contributed by atoms with Gasteiger partial charge >= 0.3 is 11.6 Å². The summed E-state index contributed by atoms with van der Waals surface area (Å²) >= 11 is 0. The Hall–Kier alpha value is -4.27. The van der Waals surface area contributed by atoms with E-state index in [0.29, 0.717) is 28.5 Å². The fourth-order valence-corrected chi connectivity index (χ4v) is 3.49. The number of hydrogen-bond donors (Lipinski definition) is 1. The number of fused-ring (bicyclic) bond motifs is 2. The summed E-state index contributed by atoms with van der Waals surface area (Å²) < 4.78 is 10.2. The van der Waals surface area contributed by atoms with Crippen molar-refractivity contribution in [2.45, 2.75) is 12.8 Å². The largest absolute Gasteiger partial charge is 0.466 e. The molecule has 2 aromatic carbocycles. The highest BCUT2D eigenvalue weighted by molar-refractivity contribution is 6.21. The number of esters is 1. The monoisotopic (exact) mass is 448 g/mol. The maximum atomic E-state index is 12.3. The van der Waals surface area contributed by atoms with Gasteiger partial charge in [0, 0.05) is 18.5 Å². The number of carbonyl (C=O) groups is 4. The lowest BCUT2D eigenvalue weighted by molar-refractivity contribution is -0.143. The predicted molar refractivity (Wildman–Crippen MR) is 117 cm³/mol. The Bertz CT molecular complexity index is 1280. The minimum atomic E-state index is -0.731. The molecule has 1 aliphatic heterocycles. The van der Waals surface area contributed by atoms with Gasteiger partial charge in [0.05, 0.1) is 24.2 Å². The number of nitrogens with one attached hydrogen (secondary N) is 1. The third-order valence-corrected chi connectivity index (χ3v) is 5.17. The molecule has 1 N–H and O–H groups in total. The zero-order valence-corrected chi connectivity index (χ0v) is 17.5. The first-order valence-electron chi connectivity index (χ1n) is 10.4. The van der Waals surface area contributed by atoms with Crippen LogP contribution in [0, 0.1) is 0 Å². The number of hydrogen-bond acceptors (Lipinski definition) is 7. The Morgan fingerprint density at radius 1 is 0.939 bits per heavy atom. The summed E-state index contributed by atoms with van der Waals surface area (Å²) in [6.07, 6.45) is 0.194. The molecule has 9 heteroatoms. The van der Waals surface area contributed by atoms with Crippen LogP contribution in [0.1, 0.15) is 43.9 Å². The van der Waals surface area contributed by atoms with Crippen LogP contribution in [0.4, 0.5) is 0 Å². The highest BCUT2D eigenvalue weighted by Crippen LogP contribution is 2.22. The summed E-state index contributed by atoms with van der Waals surface area (Å²) in [6.45, 7) is 0.143. The minimum Gasteiger partial charge on any atom is -0.466 e. The van der Waals surface area contributed by atoms with Gasteiger partial charge in [0.25, 0.3) is 17.7 Å². The molecule has 168 valence electrons. The van der Waals surface area contributed by atoms with Crippen molar-refractivity contribution in [3.05, 3.63) is 81.7 Å². The molecule has 0 saturated carbocycles. The smallest absolute Gasteiger partial charge is 0.349 e. The molecule has 1 aliphatic rings. The molecule has 4 rings (SSSR count). The Morgan fingerprint density at radius 3 is 2.33 bits per heavy atom. The maximum Gasteiger partial charge on any atom is 0.349 e. The van der Waals surface area contributed by atoms with Crippen LogP contribution in [-0.4, -0.2) is 48.3 Å². The standard InChI is InChI=1S/C24H20N2O7/c27-20(10-12-26-22(29)16-7-2-3-8-17(16)23(26)30)32-13-5-11-25-21(28)18-14-15-6-1-4-9-19(15)33-24(18)31/h1-4,6-9,14H,5,10-13H2,(H,25,28). The fraction of sp³-hybridized carbons (Fsp3) is 0.208. The van der Waals surface area contributed by atoms with E-state index in [0.717, 1.165) is 4.90 Å². The second-order valence-corrected chi connectivity index (χ2v) is 7.37. The van der Waals surface area contributed by atoms with Gasteiger partial charge in [0.2, 0.25) is 0 Å². The number of imide groups is 1. The quantitative estimate of drug-likeness (QED) is 0.242. The highest BCUT2D eigenvalue weighted by atomic mass is 16.5. The summed E-state index contributed by atoms with van der Waals surface area (Å²) in [5.41, 5.74) is 0.212. The number of carbonyl (C=O) groups excluding carboxylic acids is 4. The Kier molecular flexibility index (Phi) is 6.30. The average molecular weight is 448 g/mol. The summed E-state index contributed by atoms with van der Waals surface area (Å²) in [6, 6.07) is 14.8. The Balaban J connectivity index is 1.19. The second-order valence-electron chi connectivity index (χ2n) is 7.37. The molecule has 0 unspecified atom stereocenters. The van der Waals surface area contributed by atoms with Crippen LogP contribution in [0.2, 0.25) is 0 Å². The number of benzene rings is 2. The molecule has 0 fully saturated rings. The molecule has 33 heavy (non-hydrogen) atoms. The molecule has 9 nitrogen and oxygen atoms in total. The fourth-order valence-electron chi connectivity index (χ4n) is 3.49. The van der Waals surface area contributed by atoms with E-state index in [4.69, 9.17) is 9.15 Å². The highest BCUT2D eigenvalue weighted by Gasteiger charge is 2.35. The number of para-hydroxylation sites is 1. The molecule has 3 amide bonds. The van der Waals surface area contributed by atoms with Crippen molar-refractivity contribution in [2.75, 3.05) is 19.7 Å². The topological polar surface area (TPSA) is 123 Å². The molecule has 2 heterocycles. The Labute approximate surface area is 187 Å². The summed E-state index contributed by atoms with van der Waals surface area (Å²) in [5, 5.41) is 3.22. The van der Waals surface area contributed by atoms with Crippen LogP contribution >= 0.6 is 0 Å². The van der Waals surface area contributed by atoms with Gasteiger partial charge in [0.15, 0.2) is 0 Å². The van der Waals surface area contributed by atoms with Crippen LogP contribution in [0.5, 0.6) is 0 Å². The molecule has 0 radical (unpaired) electrons. The van der Waals surface area contributed by atoms with Gasteiger partial charge in [-0.1, -0.05) is 30.3 Å². The minimum absolute atomic E-state index is 0.0353. The van der Waals surface area contributed by atoms with Crippen LogP contribution < -0.4 is 10.9 Å². The lowest BCUT2D eigenvalue weighted by Crippen LogP contribution is -2.32. The van der Waals surface area contributed by atoms with Crippen LogP contribution in [0.15, 0.2) is 63.8 Å². The van der Waals surface area contributed by atoms with E-state index < -0.39 is 29.3 Å². The zero-order chi connectivity index (χ0) is 23.4. The van der Waals surface area contributed by atoms with Crippen LogP contribution in [-0.2, 0) is 9.53 Å². The predicted octanol–water partition coefficient (Wildman–Crippen LogP) is 2.14. The van der Waals surface area contributed by atoms with E-state index >= 15 is 0 Å². The van der Waals surface area contributed by atoms with Gasteiger partial charge in [-0.05, 0) is 30.7 Å². The second kappa shape index (κ2) is 9.47. The zero-order valence-electron chi connectivity index (χ0n) is 17.5. The van der Waals surface area contributed by atoms with Crippen molar-refractivity contribution in [2.24, 2.45) is 0 Å². The normalized spacial score (nSPS) is 12.7. The summed E-state index contributed by atoms with van der Waals surface area (Å²) in [5.74, 6) is -1.99. The molecule has 0 bridgehead atoms. The molecule has 3 aromatic rings. The molecule has 0 saturated heterocycles. The maximum absolute atomic E-state index is 12.3. The van der Waals surface area contributed by atoms with E-state index in [1.54, 1.807) is 48.5 Å². The molecule has 0 atom stereocenters. The first-order chi connectivity index (χ1) is 16.0. The molecule has 0 aliphatic carbocycles. The van der Waals surface area contributed by atoms with Crippen molar-refractivity contribution < 1.29 is 28.3 Å². The van der Waals surface area contributed by atoms with E-state index in [1.165, 1.54) is 6.07 Å². The Morgan fingerprint density at radius 2 is 1.61 bits per heavy atom. The number of amides is 3. The third kappa shape index (κ3) is 4.67. The van der Waals surface area contributed by atoms with Crippen molar-refractivity contribution >= 4 is 34.7 Å². The molecular formula is C24H20N2O7. The van der Waals surface area contributed by atoms with Crippen LogP contribution in [0.25, 0.3) is 11.0 Å². The van der Waals surface area contributed by atoms with Gasteiger partial charge < -0.3 is 14.5 Å². The van der Waals surface area contributed by atoms with Crippen molar-refractivity contribution in [1.29, 1.82) is 0 Å². The average Bonchev–Trinajstić information content (AvgIpc) is 3.06. The summed E-state index contributed by atoms with van der Waals surface area (Å²) in [4.78, 5) is 61.8. The van der Waals surface area contributed by atoms with E-state index in [-0.39, 0.29) is 31.7 Å². The van der Waals surface area contributed by atoms with Crippen LogP contribution in [0.3, 0.4) is 0 Å². The molecule has 0 spiro atoms. The third-order valence-electron chi connectivity index (χ3n) is 5.17. The van der Waals surface area contributed by atoms with E-state index in [2.05, 4.69) is 5.32 Å².